The van der Waals surface area contributed by atoms with Gasteiger partial charge in [0.05, 0.1) is 11.6 Å². The molecule has 0 amide bonds. The van der Waals surface area contributed by atoms with E-state index in [0.717, 1.165) is 0 Å². The van der Waals surface area contributed by atoms with Gasteiger partial charge in [0, 0.05) is 0 Å². The molecule has 0 aromatic heterocycles. The third-order valence-corrected chi connectivity index (χ3v) is 1.41. The fourth-order valence-electron chi connectivity index (χ4n) is 0.791. The molecule has 0 saturated heterocycles. The van der Waals surface area contributed by atoms with Crippen molar-refractivity contribution in [2.24, 2.45) is 0 Å². The minimum atomic E-state index is -0.983. The predicted octanol–water partition coefficient (Wildman–Crippen LogP) is 0.743. The SMILES string of the molecule is C=CC(C(=C)C(=O)O)N(C)C. The molecule has 0 spiro atoms. The van der Waals surface area contributed by atoms with Gasteiger partial charge in [-0.15, -0.1) is 6.58 Å². The molecule has 0 bridgehead atoms. The fourth-order valence-corrected chi connectivity index (χ4v) is 0.791. The Bertz CT molecular complexity index is 185. The van der Waals surface area contributed by atoms with Crippen LogP contribution in [0.15, 0.2) is 24.8 Å². The van der Waals surface area contributed by atoms with Gasteiger partial charge in [-0.05, 0) is 14.1 Å². The highest BCUT2D eigenvalue weighted by atomic mass is 16.4. The van der Waals surface area contributed by atoms with Crippen LogP contribution in [0.1, 0.15) is 0 Å². The number of nitrogens with zero attached hydrogens (tertiary/aromatic N) is 1. The first-order chi connectivity index (χ1) is 5.00. The van der Waals surface area contributed by atoms with Crippen LogP contribution in [0, 0.1) is 0 Å². The number of carbonyl (C=O) groups is 1. The molecule has 3 heteroatoms. The molecule has 0 aliphatic heterocycles. The largest absolute Gasteiger partial charge is 0.478 e. The van der Waals surface area contributed by atoms with Crippen LogP contribution in [-0.2, 0) is 4.79 Å². The highest BCUT2D eigenvalue weighted by Crippen LogP contribution is 2.06. The third-order valence-electron chi connectivity index (χ3n) is 1.41. The second kappa shape index (κ2) is 3.93. The van der Waals surface area contributed by atoms with Crippen molar-refractivity contribution in [2.45, 2.75) is 6.04 Å². The van der Waals surface area contributed by atoms with E-state index in [1.165, 1.54) is 0 Å². The second-order valence-electron chi connectivity index (χ2n) is 2.47. The zero-order valence-electron chi connectivity index (χ0n) is 6.87. The summed E-state index contributed by atoms with van der Waals surface area (Å²) in [5.41, 5.74) is 0.144. The highest BCUT2D eigenvalue weighted by molar-refractivity contribution is 5.87. The van der Waals surface area contributed by atoms with Crippen molar-refractivity contribution < 1.29 is 9.90 Å². The number of carboxylic acid groups (broad SMARTS) is 1. The molecule has 0 aromatic rings. The standard InChI is InChI=1S/C8H13NO2/c1-5-7(9(3)4)6(2)8(10)11/h5,7H,1-2H2,3-4H3,(H,10,11). The molecule has 0 saturated carbocycles. The first-order valence-corrected chi connectivity index (χ1v) is 3.21. The molecule has 0 heterocycles. The Labute approximate surface area is 66.6 Å². The number of hydrogen-bond acceptors (Lipinski definition) is 2. The molecule has 3 nitrogen and oxygen atoms in total. The molecule has 0 rings (SSSR count). The number of likely N-dealkylation sites (N-methyl/N-ethyl adjacent to an activating group) is 1. The minimum Gasteiger partial charge on any atom is -0.478 e. The average molecular weight is 155 g/mol. The van der Waals surface area contributed by atoms with Gasteiger partial charge in [0.15, 0.2) is 0 Å². The van der Waals surface area contributed by atoms with Gasteiger partial charge >= 0.3 is 5.97 Å². The van der Waals surface area contributed by atoms with Crippen LogP contribution >= 0.6 is 0 Å². The zero-order valence-corrected chi connectivity index (χ0v) is 6.87. The van der Waals surface area contributed by atoms with Gasteiger partial charge in [-0.25, -0.2) is 4.79 Å². The summed E-state index contributed by atoms with van der Waals surface area (Å²) in [5, 5.41) is 8.56. The molecule has 1 N–H and O–H groups in total. The number of aliphatic carboxylic acids is 1. The molecule has 11 heavy (non-hydrogen) atoms. The lowest BCUT2D eigenvalue weighted by Crippen LogP contribution is -2.30. The Morgan fingerprint density at radius 3 is 2.18 bits per heavy atom. The summed E-state index contributed by atoms with van der Waals surface area (Å²) in [4.78, 5) is 12.2. The van der Waals surface area contributed by atoms with Crippen LogP contribution in [0.4, 0.5) is 0 Å². The van der Waals surface area contributed by atoms with Gasteiger partial charge in [0.1, 0.15) is 0 Å². The Hall–Kier alpha value is -1.09. The summed E-state index contributed by atoms with van der Waals surface area (Å²) in [6.07, 6.45) is 1.55. The minimum absolute atomic E-state index is 0.144. The van der Waals surface area contributed by atoms with Crippen LogP contribution in [-0.4, -0.2) is 36.1 Å². The lowest BCUT2D eigenvalue weighted by atomic mass is 10.1. The summed E-state index contributed by atoms with van der Waals surface area (Å²) in [7, 11) is 3.56. The van der Waals surface area contributed by atoms with Crippen LogP contribution < -0.4 is 0 Å². The number of rotatable bonds is 4. The third kappa shape index (κ3) is 2.55. The first kappa shape index (κ1) is 9.91. The van der Waals surface area contributed by atoms with E-state index in [2.05, 4.69) is 13.2 Å². The highest BCUT2D eigenvalue weighted by Gasteiger charge is 2.16. The number of hydrogen-bond donors (Lipinski definition) is 1. The van der Waals surface area contributed by atoms with Gasteiger partial charge in [-0.2, -0.15) is 0 Å². The van der Waals surface area contributed by atoms with Crippen molar-refractivity contribution in [2.75, 3.05) is 14.1 Å². The maximum absolute atomic E-state index is 10.4. The normalized spacial score (nSPS) is 12.6. The van der Waals surface area contributed by atoms with E-state index in [0.29, 0.717) is 0 Å². The number of carboxylic acids is 1. The summed E-state index contributed by atoms with van der Waals surface area (Å²) in [6, 6.07) is -0.285. The van der Waals surface area contributed by atoms with Gasteiger partial charge in [0.2, 0.25) is 0 Å². The quantitative estimate of drug-likeness (QED) is 0.481. The van der Waals surface area contributed by atoms with Crippen molar-refractivity contribution in [3.05, 3.63) is 24.8 Å². The van der Waals surface area contributed by atoms with Gasteiger partial charge in [-0.1, -0.05) is 12.7 Å². The van der Waals surface area contributed by atoms with Gasteiger partial charge in [0.25, 0.3) is 0 Å². The first-order valence-electron chi connectivity index (χ1n) is 3.21. The molecule has 0 aliphatic carbocycles. The monoisotopic (exact) mass is 155 g/mol. The zero-order chi connectivity index (χ0) is 9.02. The molecule has 1 atom stereocenters. The van der Waals surface area contributed by atoms with E-state index in [1.54, 1.807) is 25.1 Å². The van der Waals surface area contributed by atoms with E-state index < -0.39 is 5.97 Å². The summed E-state index contributed by atoms with van der Waals surface area (Å²) >= 11 is 0. The Morgan fingerprint density at radius 1 is 1.64 bits per heavy atom. The molecule has 1 unspecified atom stereocenters. The summed E-state index contributed by atoms with van der Waals surface area (Å²) in [6.45, 7) is 6.95. The van der Waals surface area contributed by atoms with Gasteiger partial charge in [-0.3, -0.25) is 4.90 Å². The lowest BCUT2D eigenvalue weighted by Gasteiger charge is -2.19. The van der Waals surface area contributed by atoms with Crippen LogP contribution in [0.3, 0.4) is 0 Å². The topological polar surface area (TPSA) is 40.5 Å². The van der Waals surface area contributed by atoms with E-state index in [-0.39, 0.29) is 11.6 Å². The molecular formula is C8H13NO2. The van der Waals surface area contributed by atoms with Crippen LogP contribution in [0.2, 0.25) is 0 Å². The molecule has 0 aliphatic rings. The van der Waals surface area contributed by atoms with Crippen LogP contribution in [0.5, 0.6) is 0 Å². The second-order valence-corrected chi connectivity index (χ2v) is 2.47. The molecule has 0 radical (unpaired) electrons. The predicted molar refractivity (Wildman–Crippen MR) is 44.4 cm³/mol. The molecular weight excluding hydrogens is 142 g/mol. The van der Waals surface area contributed by atoms with E-state index in [9.17, 15) is 4.79 Å². The van der Waals surface area contributed by atoms with Crippen molar-refractivity contribution in [1.29, 1.82) is 0 Å². The Balaban J connectivity index is 4.39. The maximum atomic E-state index is 10.4. The van der Waals surface area contributed by atoms with E-state index in [4.69, 9.17) is 5.11 Å². The van der Waals surface area contributed by atoms with Crippen LogP contribution in [0.25, 0.3) is 0 Å². The molecule has 62 valence electrons. The maximum Gasteiger partial charge on any atom is 0.332 e. The fraction of sp³-hybridized carbons (Fsp3) is 0.375. The van der Waals surface area contributed by atoms with Crippen molar-refractivity contribution >= 4 is 5.97 Å². The average Bonchev–Trinajstić information content (AvgIpc) is 1.88. The van der Waals surface area contributed by atoms with Crippen molar-refractivity contribution in [1.82, 2.24) is 4.90 Å². The Kier molecular flexibility index (Phi) is 3.54. The van der Waals surface area contributed by atoms with Gasteiger partial charge < -0.3 is 5.11 Å². The van der Waals surface area contributed by atoms with Crippen molar-refractivity contribution in [3.63, 3.8) is 0 Å². The Morgan fingerprint density at radius 2 is 2.09 bits per heavy atom. The van der Waals surface area contributed by atoms with E-state index in [1.807, 2.05) is 0 Å². The van der Waals surface area contributed by atoms with E-state index >= 15 is 0 Å². The summed E-state index contributed by atoms with van der Waals surface area (Å²) in [5.74, 6) is -0.983. The lowest BCUT2D eigenvalue weighted by molar-refractivity contribution is -0.133. The molecule has 0 aromatic carbocycles. The summed E-state index contributed by atoms with van der Waals surface area (Å²) < 4.78 is 0. The molecule has 0 fully saturated rings. The smallest absolute Gasteiger partial charge is 0.332 e. The van der Waals surface area contributed by atoms with Crippen molar-refractivity contribution in [3.8, 4) is 0 Å².